The number of hydrogen-bond donors (Lipinski definition) is 2. The van der Waals surface area contributed by atoms with Crippen molar-refractivity contribution in [3.63, 3.8) is 0 Å². The van der Waals surface area contributed by atoms with E-state index in [4.69, 9.17) is 0 Å². The van der Waals surface area contributed by atoms with Crippen molar-refractivity contribution in [2.24, 2.45) is 0 Å². The van der Waals surface area contributed by atoms with Gasteiger partial charge in [-0.1, -0.05) is 0 Å². The Hall–Kier alpha value is -0.570. The second-order valence-corrected chi connectivity index (χ2v) is 8.06. The average molecular weight is 318 g/mol. The molecule has 2 N–H and O–H groups in total. The normalized spacial score (nSPS) is 19.6. The number of aromatic nitrogens is 2. The molecule has 1 atom stereocenters. The largest absolute Gasteiger partial charge is 0.320 e. The van der Waals surface area contributed by atoms with E-state index in [1.165, 1.54) is 12.6 Å². The van der Waals surface area contributed by atoms with Crippen LogP contribution >= 0.6 is 11.8 Å². The molecule has 1 fully saturated rings. The molecule has 1 aliphatic heterocycles. The molecule has 1 aromatic rings. The predicted octanol–water partition coefficient (Wildman–Crippen LogP) is 0.667. The van der Waals surface area contributed by atoms with Gasteiger partial charge < -0.3 is 5.32 Å². The van der Waals surface area contributed by atoms with Gasteiger partial charge in [0.2, 0.25) is 10.0 Å². The molecule has 8 heteroatoms. The van der Waals surface area contributed by atoms with Gasteiger partial charge in [0.25, 0.3) is 0 Å². The number of nitrogens with one attached hydrogen (secondary N) is 2. The number of nitrogens with zero attached hydrogens (tertiary/aromatic N) is 2. The molecule has 2 rings (SSSR count). The first-order valence-corrected chi connectivity index (χ1v) is 9.43. The summed E-state index contributed by atoms with van der Waals surface area (Å²) in [5.74, 6) is 1.13. The van der Waals surface area contributed by atoms with Crippen LogP contribution in [0.5, 0.6) is 0 Å². The quantitative estimate of drug-likeness (QED) is 0.689. The van der Waals surface area contributed by atoms with Crippen LogP contribution in [-0.4, -0.2) is 49.3 Å². The van der Waals surface area contributed by atoms with E-state index >= 15 is 0 Å². The van der Waals surface area contributed by atoms with Crippen molar-refractivity contribution in [1.29, 1.82) is 0 Å². The molecular weight excluding hydrogens is 296 g/mol. The molecule has 0 saturated carbocycles. The second-order valence-electron chi connectivity index (χ2n) is 4.88. The Bertz CT molecular complexity index is 509. The van der Waals surface area contributed by atoms with Gasteiger partial charge in [-0.2, -0.15) is 16.9 Å². The van der Waals surface area contributed by atoms with E-state index in [1.54, 1.807) is 10.9 Å². The van der Waals surface area contributed by atoms with E-state index in [9.17, 15) is 8.42 Å². The Balaban J connectivity index is 1.88. The Morgan fingerprint density at radius 2 is 2.40 bits per heavy atom. The lowest BCUT2D eigenvalue weighted by atomic mass is 10.2. The highest BCUT2D eigenvalue weighted by Gasteiger charge is 2.21. The van der Waals surface area contributed by atoms with Crippen LogP contribution in [0.1, 0.15) is 19.3 Å². The Morgan fingerprint density at radius 3 is 3.10 bits per heavy atom. The number of thioether (sulfide) groups is 1. The number of rotatable bonds is 8. The standard InChI is InChI=1S/C12H22N4O2S2/c1-13-5-3-6-16-10-12(9-14-16)20(17,18)15-8-11-4-2-7-19-11/h9-11,13,15H,2-8H2,1H3. The molecule has 0 aromatic carbocycles. The first-order valence-electron chi connectivity index (χ1n) is 6.90. The molecule has 1 saturated heterocycles. The maximum Gasteiger partial charge on any atom is 0.243 e. The lowest BCUT2D eigenvalue weighted by Gasteiger charge is -2.09. The van der Waals surface area contributed by atoms with Crippen molar-refractivity contribution in [2.75, 3.05) is 25.9 Å². The Labute approximate surface area is 124 Å². The van der Waals surface area contributed by atoms with Gasteiger partial charge in [0, 0.05) is 24.5 Å². The molecule has 0 amide bonds. The van der Waals surface area contributed by atoms with Crippen molar-refractivity contribution in [2.45, 2.75) is 36.0 Å². The predicted molar refractivity (Wildman–Crippen MR) is 81.4 cm³/mol. The zero-order valence-corrected chi connectivity index (χ0v) is 13.3. The highest BCUT2D eigenvalue weighted by atomic mass is 32.2. The molecular formula is C12H22N4O2S2. The third kappa shape index (κ3) is 4.47. The first-order chi connectivity index (χ1) is 9.62. The fraction of sp³-hybridized carbons (Fsp3) is 0.750. The summed E-state index contributed by atoms with van der Waals surface area (Å²) in [6.45, 7) is 2.12. The van der Waals surface area contributed by atoms with Crippen LogP contribution in [0.25, 0.3) is 0 Å². The zero-order valence-electron chi connectivity index (χ0n) is 11.7. The molecule has 1 aliphatic rings. The van der Waals surface area contributed by atoms with Gasteiger partial charge in [0.15, 0.2) is 0 Å². The van der Waals surface area contributed by atoms with E-state index in [0.717, 1.165) is 31.7 Å². The van der Waals surface area contributed by atoms with Gasteiger partial charge in [0.05, 0.1) is 6.20 Å². The Kier molecular flexibility index (Phi) is 5.88. The van der Waals surface area contributed by atoms with Crippen molar-refractivity contribution in [3.05, 3.63) is 12.4 Å². The summed E-state index contributed by atoms with van der Waals surface area (Å²) < 4.78 is 28.7. The second kappa shape index (κ2) is 7.44. The monoisotopic (exact) mass is 318 g/mol. The van der Waals surface area contributed by atoms with Crippen LogP contribution in [-0.2, 0) is 16.6 Å². The number of sulfonamides is 1. The van der Waals surface area contributed by atoms with Gasteiger partial charge in [0.1, 0.15) is 4.90 Å². The van der Waals surface area contributed by atoms with Crippen LogP contribution in [0.3, 0.4) is 0 Å². The molecule has 0 aliphatic carbocycles. The minimum Gasteiger partial charge on any atom is -0.320 e. The van der Waals surface area contributed by atoms with E-state index in [1.807, 2.05) is 18.8 Å². The number of aryl methyl sites for hydroxylation is 1. The summed E-state index contributed by atoms with van der Waals surface area (Å²) in [4.78, 5) is 0.255. The van der Waals surface area contributed by atoms with Crippen LogP contribution in [0.4, 0.5) is 0 Å². The maximum atomic E-state index is 12.1. The third-order valence-electron chi connectivity index (χ3n) is 3.26. The molecule has 1 aromatic heterocycles. The molecule has 1 unspecified atom stereocenters. The summed E-state index contributed by atoms with van der Waals surface area (Å²) in [6, 6.07) is 0. The lowest BCUT2D eigenvalue weighted by molar-refractivity contribution is 0.560. The van der Waals surface area contributed by atoms with Crippen molar-refractivity contribution >= 4 is 21.8 Å². The van der Waals surface area contributed by atoms with Gasteiger partial charge in [-0.05, 0) is 38.6 Å². The summed E-state index contributed by atoms with van der Waals surface area (Å²) in [5.41, 5.74) is 0. The first kappa shape index (κ1) is 15.8. The van der Waals surface area contributed by atoms with Gasteiger partial charge in [-0.15, -0.1) is 0 Å². The molecule has 0 bridgehead atoms. The topological polar surface area (TPSA) is 76.0 Å². The number of hydrogen-bond acceptors (Lipinski definition) is 5. The van der Waals surface area contributed by atoms with Crippen molar-refractivity contribution in [3.8, 4) is 0 Å². The summed E-state index contributed by atoms with van der Waals surface area (Å²) in [6.07, 6.45) is 6.21. The molecule has 0 radical (unpaired) electrons. The third-order valence-corrected chi connectivity index (χ3v) is 6.04. The zero-order chi connectivity index (χ0) is 14.4. The summed E-state index contributed by atoms with van der Waals surface area (Å²) >= 11 is 1.84. The molecule has 114 valence electrons. The van der Waals surface area contributed by atoms with Gasteiger partial charge in [-0.25, -0.2) is 13.1 Å². The fourth-order valence-corrected chi connectivity index (χ4v) is 4.46. The van der Waals surface area contributed by atoms with Crippen LogP contribution < -0.4 is 10.0 Å². The molecule has 0 spiro atoms. The lowest BCUT2D eigenvalue weighted by Crippen LogP contribution is -2.29. The summed E-state index contributed by atoms with van der Waals surface area (Å²) in [7, 11) is -1.53. The van der Waals surface area contributed by atoms with Gasteiger partial charge >= 0.3 is 0 Å². The van der Waals surface area contributed by atoms with Gasteiger partial charge in [-0.3, -0.25) is 4.68 Å². The van der Waals surface area contributed by atoms with E-state index < -0.39 is 10.0 Å². The van der Waals surface area contributed by atoms with Crippen molar-refractivity contribution < 1.29 is 8.42 Å². The van der Waals surface area contributed by atoms with Crippen LogP contribution in [0.2, 0.25) is 0 Å². The smallest absolute Gasteiger partial charge is 0.243 e. The highest BCUT2D eigenvalue weighted by Crippen LogP contribution is 2.25. The molecule has 20 heavy (non-hydrogen) atoms. The molecule has 2 heterocycles. The van der Waals surface area contributed by atoms with E-state index in [-0.39, 0.29) is 4.90 Å². The van der Waals surface area contributed by atoms with E-state index in [2.05, 4.69) is 15.1 Å². The average Bonchev–Trinajstić information content (AvgIpc) is 3.08. The van der Waals surface area contributed by atoms with Crippen LogP contribution in [0.15, 0.2) is 17.3 Å². The SMILES string of the molecule is CNCCCn1cc(S(=O)(=O)NCC2CCCS2)cn1. The Morgan fingerprint density at radius 1 is 1.55 bits per heavy atom. The van der Waals surface area contributed by atoms with E-state index in [0.29, 0.717) is 11.8 Å². The fourth-order valence-electron chi connectivity index (χ4n) is 2.11. The highest BCUT2D eigenvalue weighted by molar-refractivity contribution is 8.00. The minimum absolute atomic E-state index is 0.255. The van der Waals surface area contributed by atoms with Crippen LogP contribution in [0, 0.1) is 0 Å². The van der Waals surface area contributed by atoms with Crippen molar-refractivity contribution in [1.82, 2.24) is 19.8 Å². The summed E-state index contributed by atoms with van der Waals surface area (Å²) in [5, 5.41) is 7.56. The maximum absolute atomic E-state index is 12.1. The molecule has 6 nitrogen and oxygen atoms in total. The minimum atomic E-state index is -3.42.